The summed E-state index contributed by atoms with van der Waals surface area (Å²) in [7, 11) is 0. The zero-order valence-electron chi connectivity index (χ0n) is 13.2. The van der Waals surface area contributed by atoms with Crippen molar-refractivity contribution in [2.75, 3.05) is 5.32 Å². The average Bonchev–Trinajstić information content (AvgIpc) is 3.18. The summed E-state index contributed by atoms with van der Waals surface area (Å²) in [5.41, 5.74) is 2.38. The fourth-order valence-corrected chi connectivity index (χ4v) is 4.08. The lowest BCUT2D eigenvalue weighted by Crippen LogP contribution is -2.16. The lowest BCUT2D eigenvalue weighted by atomic mass is 10.2. The van der Waals surface area contributed by atoms with Gasteiger partial charge in [-0.3, -0.25) is 4.79 Å². The Bertz CT molecular complexity index is 1050. The number of nitrogens with zero attached hydrogens (tertiary/aromatic N) is 3. The molecule has 0 saturated carbocycles. The van der Waals surface area contributed by atoms with Crippen LogP contribution in [0.15, 0.2) is 54.6 Å². The second kappa shape index (κ2) is 6.57. The van der Waals surface area contributed by atoms with E-state index in [2.05, 4.69) is 38.0 Å². The van der Waals surface area contributed by atoms with E-state index < -0.39 is 0 Å². The maximum absolute atomic E-state index is 12.6. The van der Waals surface area contributed by atoms with Crippen molar-refractivity contribution in [1.82, 2.24) is 14.8 Å². The molecule has 4 aromatic rings. The number of hydrogen-bond acceptors (Lipinski definition) is 4. The topological polar surface area (TPSA) is 59.8 Å². The number of anilines is 1. The van der Waals surface area contributed by atoms with E-state index in [1.54, 1.807) is 16.0 Å². The number of aryl methyl sites for hydroxylation is 1. The fraction of sp³-hybridized carbons (Fsp3) is 0.0556. The largest absolute Gasteiger partial charge is 0.306 e. The molecule has 2 aromatic carbocycles. The van der Waals surface area contributed by atoms with Crippen LogP contribution in [0.5, 0.6) is 0 Å². The van der Waals surface area contributed by atoms with Crippen LogP contribution in [0.2, 0.25) is 0 Å². The first-order valence-electron chi connectivity index (χ1n) is 7.60. The first kappa shape index (κ1) is 16.2. The van der Waals surface area contributed by atoms with Gasteiger partial charge in [-0.15, -0.1) is 0 Å². The number of nitrogens with one attached hydrogen (secondary N) is 1. The third-order valence-electron chi connectivity index (χ3n) is 3.66. The van der Waals surface area contributed by atoms with Gasteiger partial charge >= 0.3 is 0 Å². The Balaban J connectivity index is 1.72. The van der Waals surface area contributed by atoms with Crippen molar-refractivity contribution in [3.63, 3.8) is 0 Å². The quantitative estimate of drug-likeness (QED) is 0.453. The molecule has 1 N–H and O–H groups in total. The molecule has 124 valence electrons. The number of hydrogen-bond donors (Lipinski definition) is 1. The molecule has 2 aromatic heterocycles. The average molecular weight is 460 g/mol. The molecule has 0 aliphatic carbocycles. The first-order chi connectivity index (χ1) is 12.1. The molecule has 0 radical (unpaired) electrons. The van der Waals surface area contributed by atoms with Gasteiger partial charge < -0.3 is 5.32 Å². The molecule has 25 heavy (non-hydrogen) atoms. The van der Waals surface area contributed by atoms with Crippen LogP contribution in [0.4, 0.5) is 5.82 Å². The highest BCUT2D eigenvalue weighted by molar-refractivity contribution is 14.1. The number of rotatable bonds is 3. The standard InChI is InChI=1S/C18H13IN4OS/c1-11-10-16(21-17(24)12-6-2-3-7-13(12)19)23(22-11)18-20-14-8-4-5-9-15(14)25-18/h2-10H,1H3,(H,21,24). The summed E-state index contributed by atoms with van der Waals surface area (Å²) in [6, 6.07) is 17.3. The summed E-state index contributed by atoms with van der Waals surface area (Å²) in [5, 5.41) is 8.18. The maximum atomic E-state index is 12.6. The van der Waals surface area contributed by atoms with Crippen LogP contribution in [0.1, 0.15) is 16.1 Å². The predicted octanol–water partition coefficient (Wildman–Crippen LogP) is 4.65. The van der Waals surface area contributed by atoms with E-state index in [1.807, 2.05) is 61.5 Å². The van der Waals surface area contributed by atoms with Gasteiger partial charge in [-0.25, -0.2) is 4.98 Å². The molecule has 4 rings (SSSR count). The Hall–Kier alpha value is -2.26. The molecule has 0 atom stereocenters. The van der Waals surface area contributed by atoms with Crippen molar-refractivity contribution in [3.05, 3.63) is 69.4 Å². The lowest BCUT2D eigenvalue weighted by molar-refractivity contribution is 0.102. The summed E-state index contributed by atoms with van der Waals surface area (Å²) in [4.78, 5) is 17.2. The minimum Gasteiger partial charge on any atom is -0.306 e. The number of aromatic nitrogens is 3. The molecule has 0 bridgehead atoms. The van der Waals surface area contributed by atoms with Crippen LogP contribution in [0.3, 0.4) is 0 Å². The van der Waals surface area contributed by atoms with Crippen LogP contribution in [-0.4, -0.2) is 20.7 Å². The van der Waals surface area contributed by atoms with Gasteiger partial charge in [0.05, 0.1) is 21.5 Å². The fourth-order valence-electron chi connectivity index (χ4n) is 2.51. The van der Waals surface area contributed by atoms with E-state index in [9.17, 15) is 4.79 Å². The molecule has 0 aliphatic rings. The van der Waals surface area contributed by atoms with E-state index in [4.69, 9.17) is 0 Å². The third kappa shape index (κ3) is 3.16. The Morgan fingerprint density at radius 1 is 1.16 bits per heavy atom. The van der Waals surface area contributed by atoms with Crippen molar-refractivity contribution in [2.45, 2.75) is 6.92 Å². The Kier molecular flexibility index (Phi) is 4.26. The smallest absolute Gasteiger partial charge is 0.257 e. The van der Waals surface area contributed by atoms with Gasteiger partial charge in [0.2, 0.25) is 5.13 Å². The van der Waals surface area contributed by atoms with E-state index in [0.29, 0.717) is 11.4 Å². The second-order valence-corrected chi connectivity index (χ2v) is 7.65. The number of fused-ring (bicyclic) bond motifs is 1. The van der Waals surface area contributed by atoms with Crippen molar-refractivity contribution in [2.24, 2.45) is 0 Å². The van der Waals surface area contributed by atoms with Crippen LogP contribution in [0.25, 0.3) is 15.3 Å². The van der Waals surface area contributed by atoms with Gasteiger partial charge in [0, 0.05) is 9.64 Å². The van der Waals surface area contributed by atoms with Crippen LogP contribution in [0, 0.1) is 10.5 Å². The van der Waals surface area contributed by atoms with E-state index >= 15 is 0 Å². The highest BCUT2D eigenvalue weighted by Gasteiger charge is 2.16. The van der Waals surface area contributed by atoms with Crippen molar-refractivity contribution >= 4 is 55.9 Å². The highest BCUT2D eigenvalue weighted by Crippen LogP contribution is 2.27. The summed E-state index contributed by atoms with van der Waals surface area (Å²) >= 11 is 3.70. The molecular formula is C18H13IN4OS. The number of halogens is 1. The van der Waals surface area contributed by atoms with E-state index in [0.717, 1.165) is 24.6 Å². The highest BCUT2D eigenvalue weighted by atomic mass is 127. The number of carbonyl (C=O) groups excluding carboxylic acids is 1. The van der Waals surface area contributed by atoms with E-state index in [-0.39, 0.29) is 5.91 Å². The molecule has 0 saturated heterocycles. The molecule has 0 unspecified atom stereocenters. The Morgan fingerprint density at radius 3 is 2.72 bits per heavy atom. The zero-order chi connectivity index (χ0) is 17.4. The van der Waals surface area contributed by atoms with E-state index in [1.165, 1.54) is 0 Å². The third-order valence-corrected chi connectivity index (χ3v) is 5.61. The van der Waals surface area contributed by atoms with Gasteiger partial charge in [0.25, 0.3) is 5.91 Å². The minimum absolute atomic E-state index is 0.160. The van der Waals surface area contributed by atoms with Crippen LogP contribution >= 0.6 is 33.9 Å². The van der Waals surface area contributed by atoms with Crippen LogP contribution in [-0.2, 0) is 0 Å². The first-order valence-corrected chi connectivity index (χ1v) is 9.50. The number of carbonyl (C=O) groups is 1. The normalized spacial score (nSPS) is 11.0. The maximum Gasteiger partial charge on any atom is 0.257 e. The van der Waals surface area contributed by atoms with Crippen molar-refractivity contribution < 1.29 is 4.79 Å². The van der Waals surface area contributed by atoms with Crippen LogP contribution < -0.4 is 5.32 Å². The summed E-state index contributed by atoms with van der Waals surface area (Å²) < 4.78 is 3.68. The predicted molar refractivity (Wildman–Crippen MR) is 109 cm³/mol. The van der Waals surface area contributed by atoms with Crippen molar-refractivity contribution in [1.29, 1.82) is 0 Å². The lowest BCUT2D eigenvalue weighted by Gasteiger charge is -2.07. The van der Waals surface area contributed by atoms with Gasteiger partial charge in [0.1, 0.15) is 5.82 Å². The summed E-state index contributed by atoms with van der Waals surface area (Å²) in [5.74, 6) is 0.452. The molecule has 7 heteroatoms. The monoisotopic (exact) mass is 460 g/mol. The number of amides is 1. The van der Waals surface area contributed by atoms with Gasteiger partial charge in [-0.2, -0.15) is 9.78 Å². The van der Waals surface area contributed by atoms with Gasteiger partial charge in [-0.1, -0.05) is 35.6 Å². The Labute approximate surface area is 161 Å². The zero-order valence-corrected chi connectivity index (χ0v) is 16.2. The van der Waals surface area contributed by atoms with Crippen molar-refractivity contribution in [3.8, 4) is 5.13 Å². The van der Waals surface area contributed by atoms with Gasteiger partial charge in [-0.05, 0) is 53.8 Å². The SMILES string of the molecule is Cc1cc(NC(=O)c2ccccc2I)n(-c2nc3ccccc3s2)n1. The molecule has 5 nitrogen and oxygen atoms in total. The molecule has 0 spiro atoms. The molecule has 0 fully saturated rings. The Morgan fingerprint density at radius 2 is 1.92 bits per heavy atom. The van der Waals surface area contributed by atoms with Gasteiger partial charge in [0.15, 0.2) is 0 Å². The number of thiazole rings is 1. The number of benzene rings is 2. The summed E-state index contributed by atoms with van der Waals surface area (Å²) in [6.07, 6.45) is 0. The summed E-state index contributed by atoms with van der Waals surface area (Å²) in [6.45, 7) is 1.89. The molecule has 0 aliphatic heterocycles. The number of para-hydroxylation sites is 1. The molecular weight excluding hydrogens is 447 g/mol. The molecule has 1 amide bonds. The molecule has 2 heterocycles. The minimum atomic E-state index is -0.160. The second-order valence-electron chi connectivity index (χ2n) is 5.48.